The average Bonchev–Trinajstić information content (AvgIpc) is 3.08. The van der Waals surface area contributed by atoms with E-state index < -0.39 is 0 Å². The van der Waals surface area contributed by atoms with E-state index in [0.29, 0.717) is 40.8 Å². The van der Waals surface area contributed by atoms with Crippen LogP contribution in [0.15, 0.2) is 23.3 Å². The van der Waals surface area contributed by atoms with E-state index in [1.807, 2.05) is 6.33 Å². The summed E-state index contributed by atoms with van der Waals surface area (Å²) in [5, 5.41) is 0.473. The highest BCUT2D eigenvalue weighted by Crippen LogP contribution is 2.31. The van der Waals surface area contributed by atoms with E-state index >= 15 is 0 Å². The van der Waals surface area contributed by atoms with E-state index in [-0.39, 0.29) is 5.56 Å². The SMILES string of the molecule is COc1cc2[nH]c(N3CCc4c(ncn4CC(C)C)C3)nc(=O)c2cc1OC. The first-order chi connectivity index (χ1) is 13.5. The Morgan fingerprint density at radius 2 is 1.96 bits per heavy atom. The molecule has 0 spiro atoms. The van der Waals surface area contributed by atoms with Crippen LogP contribution in [-0.2, 0) is 19.5 Å². The van der Waals surface area contributed by atoms with Crippen LogP contribution < -0.4 is 19.9 Å². The fourth-order valence-corrected chi connectivity index (χ4v) is 3.72. The number of ether oxygens (including phenoxy) is 2. The summed E-state index contributed by atoms with van der Waals surface area (Å²) >= 11 is 0. The molecule has 2 aromatic heterocycles. The van der Waals surface area contributed by atoms with Crippen molar-refractivity contribution in [1.29, 1.82) is 0 Å². The minimum absolute atomic E-state index is 0.291. The van der Waals surface area contributed by atoms with Crippen molar-refractivity contribution in [1.82, 2.24) is 19.5 Å². The lowest BCUT2D eigenvalue weighted by Crippen LogP contribution is -2.34. The van der Waals surface area contributed by atoms with Gasteiger partial charge < -0.3 is 23.9 Å². The summed E-state index contributed by atoms with van der Waals surface area (Å²) < 4.78 is 12.9. The number of aromatic nitrogens is 4. The molecule has 3 heterocycles. The summed E-state index contributed by atoms with van der Waals surface area (Å²) in [6.45, 7) is 6.78. The Labute approximate surface area is 163 Å². The van der Waals surface area contributed by atoms with Crippen LogP contribution >= 0.6 is 0 Å². The number of fused-ring (bicyclic) bond motifs is 2. The molecule has 0 unspecified atom stereocenters. The Bertz CT molecular complexity index is 1070. The third kappa shape index (κ3) is 3.19. The second-order valence-electron chi connectivity index (χ2n) is 7.47. The molecule has 28 heavy (non-hydrogen) atoms. The largest absolute Gasteiger partial charge is 0.493 e. The fraction of sp³-hybridized carbons (Fsp3) is 0.450. The van der Waals surface area contributed by atoms with Crippen molar-refractivity contribution >= 4 is 16.9 Å². The minimum atomic E-state index is -0.291. The highest BCUT2D eigenvalue weighted by molar-refractivity contribution is 5.82. The second kappa shape index (κ2) is 7.18. The summed E-state index contributed by atoms with van der Waals surface area (Å²) in [5.41, 5.74) is 2.70. The maximum absolute atomic E-state index is 12.6. The molecule has 4 rings (SSSR count). The number of hydrogen-bond acceptors (Lipinski definition) is 6. The number of methoxy groups -OCH3 is 2. The van der Waals surface area contributed by atoms with Crippen molar-refractivity contribution in [2.75, 3.05) is 25.7 Å². The van der Waals surface area contributed by atoms with E-state index in [9.17, 15) is 4.79 Å². The van der Waals surface area contributed by atoms with Crippen molar-refractivity contribution < 1.29 is 9.47 Å². The van der Waals surface area contributed by atoms with E-state index in [2.05, 4.69) is 38.3 Å². The molecule has 0 radical (unpaired) electrons. The van der Waals surface area contributed by atoms with Crippen LogP contribution in [0.4, 0.5) is 5.95 Å². The molecule has 8 nitrogen and oxygen atoms in total. The molecular formula is C20H25N5O3. The summed E-state index contributed by atoms with van der Waals surface area (Å²) in [6.07, 6.45) is 2.79. The van der Waals surface area contributed by atoms with Gasteiger partial charge in [-0.1, -0.05) is 13.8 Å². The first-order valence-corrected chi connectivity index (χ1v) is 9.44. The zero-order valence-corrected chi connectivity index (χ0v) is 16.7. The van der Waals surface area contributed by atoms with Crippen LogP contribution in [0.25, 0.3) is 10.9 Å². The maximum atomic E-state index is 12.6. The van der Waals surface area contributed by atoms with Gasteiger partial charge in [0.15, 0.2) is 11.5 Å². The molecule has 0 bridgehead atoms. The summed E-state index contributed by atoms with van der Waals surface area (Å²) in [7, 11) is 3.12. The highest BCUT2D eigenvalue weighted by atomic mass is 16.5. The number of anilines is 1. The van der Waals surface area contributed by atoms with Crippen LogP contribution in [0.1, 0.15) is 25.2 Å². The third-order valence-electron chi connectivity index (χ3n) is 5.06. The van der Waals surface area contributed by atoms with Gasteiger partial charge in [0, 0.05) is 31.3 Å². The van der Waals surface area contributed by atoms with Crippen molar-refractivity contribution in [2.45, 2.75) is 33.4 Å². The number of rotatable bonds is 5. The number of nitrogens with one attached hydrogen (secondary N) is 1. The van der Waals surface area contributed by atoms with Gasteiger partial charge in [0.1, 0.15) is 0 Å². The molecule has 0 atom stereocenters. The average molecular weight is 383 g/mol. The Morgan fingerprint density at radius 3 is 2.68 bits per heavy atom. The summed E-state index contributed by atoms with van der Waals surface area (Å²) in [5.74, 6) is 2.19. The normalized spacial score (nSPS) is 13.8. The van der Waals surface area contributed by atoms with Gasteiger partial charge in [-0.25, -0.2) is 4.98 Å². The highest BCUT2D eigenvalue weighted by Gasteiger charge is 2.23. The molecule has 8 heteroatoms. The lowest BCUT2D eigenvalue weighted by Gasteiger charge is -2.28. The standard InChI is InChI=1S/C20H25N5O3/c1-12(2)9-25-11-21-15-10-24(6-5-16(15)25)20-22-14-8-18(28-4)17(27-3)7-13(14)19(26)23-20/h7-8,11-12H,5-6,9-10H2,1-4H3,(H,22,23,26). The Kier molecular flexibility index (Phi) is 4.70. The van der Waals surface area contributed by atoms with Crippen LogP contribution in [0.5, 0.6) is 11.5 Å². The van der Waals surface area contributed by atoms with Crippen LogP contribution in [0.2, 0.25) is 0 Å². The predicted octanol–water partition coefficient (Wildman–Crippen LogP) is 2.36. The van der Waals surface area contributed by atoms with Gasteiger partial charge in [0.25, 0.3) is 5.56 Å². The number of imidazole rings is 1. The van der Waals surface area contributed by atoms with Gasteiger partial charge in [-0.05, 0) is 12.0 Å². The topological polar surface area (TPSA) is 85.3 Å². The van der Waals surface area contributed by atoms with Crippen LogP contribution in [-0.4, -0.2) is 40.3 Å². The lowest BCUT2D eigenvalue weighted by molar-refractivity contribution is 0.355. The Balaban J connectivity index is 1.68. The van der Waals surface area contributed by atoms with Crippen molar-refractivity contribution in [3.63, 3.8) is 0 Å². The van der Waals surface area contributed by atoms with Crippen molar-refractivity contribution in [3.8, 4) is 11.5 Å². The summed E-state index contributed by atoms with van der Waals surface area (Å²) in [4.78, 5) is 26.8. The third-order valence-corrected chi connectivity index (χ3v) is 5.06. The predicted molar refractivity (Wildman–Crippen MR) is 107 cm³/mol. The van der Waals surface area contributed by atoms with Gasteiger partial charge in [0.05, 0.1) is 43.7 Å². The molecule has 1 aliphatic rings. The van der Waals surface area contributed by atoms with Gasteiger partial charge in [0.2, 0.25) is 5.95 Å². The number of H-pyrrole nitrogens is 1. The maximum Gasteiger partial charge on any atom is 0.282 e. The van der Waals surface area contributed by atoms with Crippen molar-refractivity contribution in [2.24, 2.45) is 5.92 Å². The summed E-state index contributed by atoms with van der Waals surface area (Å²) in [6, 6.07) is 3.43. The molecule has 0 saturated heterocycles. The van der Waals surface area contributed by atoms with Gasteiger partial charge in [-0.3, -0.25) is 4.79 Å². The Morgan fingerprint density at radius 1 is 1.21 bits per heavy atom. The van der Waals surface area contributed by atoms with E-state index in [1.54, 1.807) is 26.4 Å². The lowest BCUT2D eigenvalue weighted by atomic mass is 10.1. The number of hydrogen-bond donors (Lipinski definition) is 1. The van der Waals surface area contributed by atoms with E-state index in [1.165, 1.54) is 5.69 Å². The number of nitrogens with zero attached hydrogens (tertiary/aromatic N) is 4. The molecule has 0 fully saturated rings. The molecule has 1 aliphatic heterocycles. The monoisotopic (exact) mass is 383 g/mol. The van der Waals surface area contributed by atoms with Crippen LogP contribution in [0.3, 0.4) is 0 Å². The second-order valence-corrected chi connectivity index (χ2v) is 7.47. The molecule has 0 saturated carbocycles. The van der Waals surface area contributed by atoms with Gasteiger partial charge in [-0.15, -0.1) is 0 Å². The smallest absolute Gasteiger partial charge is 0.282 e. The van der Waals surface area contributed by atoms with E-state index in [0.717, 1.165) is 25.2 Å². The van der Waals surface area contributed by atoms with Crippen molar-refractivity contribution in [3.05, 3.63) is 40.2 Å². The minimum Gasteiger partial charge on any atom is -0.493 e. The first-order valence-electron chi connectivity index (χ1n) is 9.44. The number of benzene rings is 1. The van der Waals surface area contributed by atoms with Crippen LogP contribution in [0, 0.1) is 5.92 Å². The van der Waals surface area contributed by atoms with E-state index in [4.69, 9.17) is 9.47 Å². The zero-order chi connectivity index (χ0) is 19.8. The molecular weight excluding hydrogens is 358 g/mol. The molecule has 0 aliphatic carbocycles. The first kappa shape index (κ1) is 18.3. The molecule has 1 aromatic carbocycles. The molecule has 1 N–H and O–H groups in total. The molecule has 148 valence electrons. The Hall–Kier alpha value is -3.03. The van der Waals surface area contributed by atoms with Gasteiger partial charge in [-0.2, -0.15) is 4.98 Å². The zero-order valence-electron chi connectivity index (χ0n) is 16.7. The molecule has 3 aromatic rings. The molecule has 0 amide bonds. The van der Waals surface area contributed by atoms with Gasteiger partial charge >= 0.3 is 0 Å². The fourth-order valence-electron chi connectivity index (χ4n) is 3.72. The quantitative estimate of drug-likeness (QED) is 0.728. The number of aromatic amines is 1.